The predicted octanol–water partition coefficient (Wildman–Crippen LogP) is 1.95. The molecule has 162 valence electrons. The molecule has 1 N–H and O–H groups in total. The van der Waals surface area contributed by atoms with Crippen molar-refractivity contribution in [3.8, 4) is 0 Å². The molecule has 2 aromatic rings. The van der Waals surface area contributed by atoms with Crippen molar-refractivity contribution in [2.75, 3.05) is 32.7 Å². The van der Waals surface area contributed by atoms with Gasteiger partial charge >= 0.3 is 6.03 Å². The number of nitrogens with one attached hydrogen (secondary N) is 1. The van der Waals surface area contributed by atoms with Gasteiger partial charge in [0.15, 0.2) is 0 Å². The molecule has 0 saturated carbocycles. The Kier molecular flexibility index (Phi) is 6.47. The van der Waals surface area contributed by atoms with E-state index in [9.17, 15) is 14.4 Å². The lowest BCUT2D eigenvalue weighted by molar-refractivity contribution is -0.137. The van der Waals surface area contributed by atoms with Crippen LogP contribution in [0.4, 0.5) is 4.79 Å². The van der Waals surface area contributed by atoms with Crippen molar-refractivity contribution in [3.63, 3.8) is 0 Å². The fraction of sp³-hybridized carbons (Fsp3) is 0.348. The topological polar surface area (TPSA) is 86.1 Å². The molecule has 0 unspecified atom stereocenters. The van der Waals surface area contributed by atoms with Gasteiger partial charge in [0.1, 0.15) is 11.8 Å². The highest BCUT2D eigenvalue weighted by Gasteiger charge is 2.40. The summed E-state index contributed by atoms with van der Waals surface area (Å²) in [5.74, 6) is 0.0188. The summed E-state index contributed by atoms with van der Waals surface area (Å²) in [5, 5.41) is 2.62. The summed E-state index contributed by atoms with van der Waals surface area (Å²) in [6.45, 7) is 3.68. The van der Waals surface area contributed by atoms with E-state index in [0.29, 0.717) is 18.8 Å². The molecule has 4 rings (SSSR count). The number of carbonyl (C=O) groups excluding carboxylic acids is 3. The molecule has 1 atom stereocenters. The van der Waals surface area contributed by atoms with Crippen LogP contribution in [0.1, 0.15) is 17.7 Å². The van der Waals surface area contributed by atoms with Gasteiger partial charge in [-0.05, 0) is 17.7 Å². The van der Waals surface area contributed by atoms with E-state index >= 15 is 0 Å². The summed E-state index contributed by atoms with van der Waals surface area (Å²) in [5.41, 5.74) is 1.17. The second-order valence-corrected chi connectivity index (χ2v) is 7.70. The molecule has 0 spiro atoms. The van der Waals surface area contributed by atoms with Gasteiger partial charge in [0.25, 0.3) is 5.91 Å². The van der Waals surface area contributed by atoms with Crippen LogP contribution in [0.25, 0.3) is 6.08 Å². The number of carbonyl (C=O) groups is 3. The Hall–Kier alpha value is -3.39. The van der Waals surface area contributed by atoms with E-state index in [-0.39, 0.29) is 24.8 Å². The molecule has 3 heterocycles. The minimum atomic E-state index is -0.818. The lowest BCUT2D eigenvalue weighted by atomic mass is 10.1. The number of amides is 4. The SMILES string of the molecule is O=C(C[C@H]1NC(=O)N(Cc2ccco2)C1=O)N1CCN(C/C=C/c2ccccc2)CC1. The highest BCUT2D eigenvalue weighted by atomic mass is 16.3. The number of hydrogen-bond donors (Lipinski definition) is 1. The van der Waals surface area contributed by atoms with Gasteiger partial charge in [-0.25, -0.2) is 4.79 Å². The number of benzene rings is 1. The van der Waals surface area contributed by atoms with E-state index in [2.05, 4.69) is 34.5 Å². The fourth-order valence-corrected chi connectivity index (χ4v) is 3.81. The Morgan fingerprint density at radius 3 is 2.55 bits per heavy atom. The van der Waals surface area contributed by atoms with Gasteiger partial charge in [-0.3, -0.25) is 19.4 Å². The van der Waals surface area contributed by atoms with E-state index in [1.807, 2.05) is 18.2 Å². The molecule has 0 bridgehead atoms. The largest absolute Gasteiger partial charge is 0.467 e. The Morgan fingerprint density at radius 1 is 1.06 bits per heavy atom. The third-order valence-electron chi connectivity index (χ3n) is 5.58. The first kappa shape index (κ1) is 20.9. The third-order valence-corrected chi connectivity index (χ3v) is 5.58. The number of rotatable bonds is 7. The summed E-state index contributed by atoms with van der Waals surface area (Å²) < 4.78 is 5.21. The van der Waals surface area contributed by atoms with E-state index in [4.69, 9.17) is 4.42 Å². The molecule has 2 aliphatic rings. The minimum Gasteiger partial charge on any atom is -0.467 e. The first-order valence-electron chi connectivity index (χ1n) is 10.5. The van der Waals surface area contributed by atoms with E-state index < -0.39 is 12.1 Å². The summed E-state index contributed by atoms with van der Waals surface area (Å²) in [6.07, 6.45) is 5.70. The molecule has 4 amide bonds. The second kappa shape index (κ2) is 9.61. The lowest BCUT2D eigenvalue weighted by Gasteiger charge is -2.34. The lowest BCUT2D eigenvalue weighted by Crippen LogP contribution is -2.50. The van der Waals surface area contributed by atoms with Crippen LogP contribution in [0, 0.1) is 0 Å². The van der Waals surface area contributed by atoms with Crippen LogP contribution >= 0.6 is 0 Å². The average Bonchev–Trinajstić information content (AvgIpc) is 3.39. The molecule has 8 heteroatoms. The van der Waals surface area contributed by atoms with Crippen LogP contribution in [0.3, 0.4) is 0 Å². The van der Waals surface area contributed by atoms with Gasteiger partial charge in [0.2, 0.25) is 5.91 Å². The molecule has 8 nitrogen and oxygen atoms in total. The van der Waals surface area contributed by atoms with Crippen LogP contribution in [-0.4, -0.2) is 71.3 Å². The van der Waals surface area contributed by atoms with E-state index in [1.165, 1.54) is 11.8 Å². The number of hydrogen-bond acceptors (Lipinski definition) is 5. The van der Waals surface area contributed by atoms with Gasteiger partial charge < -0.3 is 14.6 Å². The number of urea groups is 1. The maximum absolute atomic E-state index is 12.7. The number of nitrogens with zero attached hydrogens (tertiary/aromatic N) is 3. The zero-order valence-corrected chi connectivity index (χ0v) is 17.3. The highest BCUT2D eigenvalue weighted by Crippen LogP contribution is 2.16. The molecule has 1 aromatic carbocycles. The predicted molar refractivity (Wildman–Crippen MR) is 115 cm³/mol. The zero-order chi connectivity index (χ0) is 21.6. The highest BCUT2D eigenvalue weighted by molar-refractivity contribution is 6.05. The smallest absolute Gasteiger partial charge is 0.325 e. The maximum Gasteiger partial charge on any atom is 0.325 e. The number of furan rings is 1. The van der Waals surface area contributed by atoms with E-state index in [0.717, 1.165) is 24.5 Å². The van der Waals surface area contributed by atoms with Gasteiger partial charge in [-0.2, -0.15) is 0 Å². The monoisotopic (exact) mass is 422 g/mol. The van der Waals surface area contributed by atoms with Crippen LogP contribution < -0.4 is 5.32 Å². The van der Waals surface area contributed by atoms with Crippen LogP contribution in [0.15, 0.2) is 59.2 Å². The Balaban J connectivity index is 1.22. The van der Waals surface area contributed by atoms with Crippen molar-refractivity contribution in [1.82, 2.24) is 20.0 Å². The summed E-state index contributed by atoms with van der Waals surface area (Å²) in [6, 6.07) is 12.2. The zero-order valence-electron chi connectivity index (χ0n) is 17.3. The van der Waals surface area contributed by atoms with Crippen molar-refractivity contribution in [3.05, 3.63) is 66.1 Å². The molecule has 31 heavy (non-hydrogen) atoms. The first-order chi connectivity index (χ1) is 15.1. The van der Waals surface area contributed by atoms with Gasteiger partial charge in [-0.1, -0.05) is 42.5 Å². The standard InChI is InChI=1S/C23H26N4O4/c28-21(16-20-22(29)27(23(30)24-20)17-19-9-5-15-31-19)26-13-11-25(12-14-26)10-4-8-18-6-2-1-3-7-18/h1-9,15,20H,10-14,16-17H2,(H,24,30)/b8-4+/t20-/m1/s1. The van der Waals surface area contributed by atoms with Gasteiger partial charge in [0.05, 0.1) is 19.2 Å². The third kappa shape index (κ3) is 5.21. The second-order valence-electron chi connectivity index (χ2n) is 7.70. The summed E-state index contributed by atoms with van der Waals surface area (Å²) in [4.78, 5) is 42.5. The van der Waals surface area contributed by atoms with E-state index in [1.54, 1.807) is 17.0 Å². The fourth-order valence-electron chi connectivity index (χ4n) is 3.81. The molecular formula is C23H26N4O4. The van der Waals surface area contributed by atoms with Crippen molar-refractivity contribution in [2.24, 2.45) is 0 Å². The normalized spacial score (nSPS) is 19.9. The molecule has 2 saturated heterocycles. The Bertz CT molecular complexity index is 934. The van der Waals surface area contributed by atoms with Crippen LogP contribution in [0.2, 0.25) is 0 Å². The van der Waals surface area contributed by atoms with Crippen molar-refractivity contribution >= 4 is 23.9 Å². The average molecular weight is 422 g/mol. The first-order valence-corrected chi connectivity index (χ1v) is 10.5. The Labute approximate surface area is 181 Å². The molecule has 2 fully saturated rings. The summed E-state index contributed by atoms with van der Waals surface area (Å²) in [7, 11) is 0. The molecular weight excluding hydrogens is 396 g/mol. The van der Waals surface area contributed by atoms with Crippen molar-refractivity contribution in [2.45, 2.75) is 19.0 Å². The van der Waals surface area contributed by atoms with Gasteiger partial charge in [0, 0.05) is 32.7 Å². The molecule has 0 aliphatic carbocycles. The maximum atomic E-state index is 12.7. The Morgan fingerprint density at radius 2 is 1.84 bits per heavy atom. The number of imide groups is 1. The minimum absolute atomic E-state index is 0.0207. The number of piperazine rings is 1. The molecule has 2 aliphatic heterocycles. The van der Waals surface area contributed by atoms with Crippen molar-refractivity contribution in [1.29, 1.82) is 0 Å². The molecule has 0 radical (unpaired) electrons. The summed E-state index contributed by atoms with van der Waals surface area (Å²) >= 11 is 0. The van der Waals surface area contributed by atoms with Crippen molar-refractivity contribution < 1.29 is 18.8 Å². The molecule has 1 aromatic heterocycles. The van der Waals surface area contributed by atoms with Crippen LogP contribution in [-0.2, 0) is 16.1 Å². The van der Waals surface area contributed by atoms with Gasteiger partial charge in [-0.15, -0.1) is 0 Å². The van der Waals surface area contributed by atoms with Crippen LogP contribution in [0.5, 0.6) is 0 Å². The quantitative estimate of drug-likeness (QED) is 0.690.